The molecule has 2 aliphatic rings. The van der Waals surface area contributed by atoms with Crippen molar-refractivity contribution in [3.8, 4) is 0 Å². The third-order valence-corrected chi connectivity index (χ3v) is 8.16. The van der Waals surface area contributed by atoms with Crippen molar-refractivity contribution in [2.45, 2.75) is 55.0 Å². The highest BCUT2D eigenvalue weighted by Gasteiger charge is 2.81. The van der Waals surface area contributed by atoms with E-state index in [0.717, 1.165) is 0 Å². The average Bonchev–Trinajstić information content (AvgIpc) is 2.73. The van der Waals surface area contributed by atoms with Gasteiger partial charge in [0.15, 0.2) is 0 Å². The Morgan fingerprint density at radius 1 is 0.947 bits per heavy atom. The van der Waals surface area contributed by atoms with Gasteiger partial charge < -0.3 is 10.2 Å². The first kappa shape index (κ1) is 16.5. The van der Waals surface area contributed by atoms with E-state index in [-0.39, 0.29) is 0 Å². The number of aliphatic hydroxyl groups excluding tert-OH is 1. The Labute approximate surface area is 134 Å². The Balaban J connectivity index is 2.24. The molecule has 2 aliphatic carbocycles. The highest BCUT2D eigenvalue weighted by Crippen LogP contribution is 2.76. The zero-order chi connectivity index (χ0) is 15.2. The predicted octanol–water partition coefficient (Wildman–Crippen LogP) is 3.76. The Bertz CT molecular complexity index is 387. The van der Waals surface area contributed by atoms with E-state index in [1.54, 1.807) is 6.92 Å². The maximum Gasteiger partial charge on any atom is 0.130 e. The van der Waals surface area contributed by atoms with Crippen molar-refractivity contribution < 1.29 is 10.2 Å². The van der Waals surface area contributed by atoms with Gasteiger partial charge in [-0.25, -0.2) is 0 Å². The van der Waals surface area contributed by atoms with Crippen LogP contribution in [0.25, 0.3) is 0 Å². The van der Waals surface area contributed by atoms with Crippen LogP contribution in [-0.4, -0.2) is 30.6 Å². The fraction of sp³-hybridized carbons (Fsp3) is 1.00. The summed E-state index contributed by atoms with van der Waals surface area (Å²) in [5, 5.41) is 21.3. The minimum atomic E-state index is -1.44. The summed E-state index contributed by atoms with van der Waals surface area (Å²) in [5.74, 6) is -0.856. The van der Waals surface area contributed by atoms with Crippen LogP contribution in [0.15, 0.2) is 0 Å². The van der Waals surface area contributed by atoms with Gasteiger partial charge in [-0.05, 0) is 6.92 Å². The summed E-state index contributed by atoms with van der Waals surface area (Å²) in [6.07, 6.45) is -1.08. The zero-order valence-corrected chi connectivity index (χ0v) is 14.7. The van der Waals surface area contributed by atoms with Crippen LogP contribution in [0.5, 0.6) is 0 Å². The standard InChI is InChI=1S/C13H20Cl4O2/c1-9(2)6(12(9,14)15)7(18)11(5,19)8-10(3,4)13(8,16)17/h6-8,18-19H,1-5H3. The van der Waals surface area contributed by atoms with Gasteiger partial charge in [-0.1, -0.05) is 27.7 Å². The molecule has 0 amide bonds. The molecule has 0 bridgehead atoms. The van der Waals surface area contributed by atoms with Crippen LogP contribution in [0.2, 0.25) is 0 Å². The van der Waals surface area contributed by atoms with Crippen molar-refractivity contribution in [2.24, 2.45) is 22.7 Å². The molecule has 0 spiro atoms. The molecule has 4 atom stereocenters. The summed E-state index contributed by atoms with van der Waals surface area (Å²) >= 11 is 24.8. The summed E-state index contributed by atoms with van der Waals surface area (Å²) in [4.78, 5) is 0. The Morgan fingerprint density at radius 3 is 1.47 bits per heavy atom. The molecule has 2 nitrogen and oxygen atoms in total. The molecule has 2 saturated carbocycles. The average molecular weight is 350 g/mol. The van der Waals surface area contributed by atoms with Crippen LogP contribution >= 0.6 is 46.4 Å². The van der Waals surface area contributed by atoms with Crippen molar-refractivity contribution in [1.29, 1.82) is 0 Å². The summed E-state index contributed by atoms with van der Waals surface area (Å²) in [5.41, 5.74) is -2.37. The monoisotopic (exact) mass is 348 g/mol. The van der Waals surface area contributed by atoms with Crippen LogP contribution in [-0.2, 0) is 0 Å². The molecule has 2 fully saturated rings. The first-order valence-corrected chi connectivity index (χ1v) is 7.81. The minimum absolute atomic E-state index is 0.418. The van der Waals surface area contributed by atoms with Gasteiger partial charge in [0.05, 0.1) is 11.7 Å². The maximum atomic E-state index is 10.7. The fourth-order valence-electron chi connectivity index (χ4n) is 3.55. The highest BCUT2D eigenvalue weighted by atomic mass is 35.5. The molecule has 2 rings (SSSR count). The van der Waals surface area contributed by atoms with E-state index in [9.17, 15) is 10.2 Å². The van der Waals surface area contributed by atoms with E-state index in [1.807, 2.05) is 27.7 Å². The number of hydrogen-bond acceptors (Lipinski definition) is 2. The largest absolute Gasteiger partial charge is 0.390 e. The minimum Gasteiger partial charge on any atom is -0.390 e. The van der Waals surface area contributed by atoms with Crippen molar-refractivity contribution in [3.63, 3.8) is 0 Å². The second-order valence-corrected chi connectivity index (χ2v) is 10.0. The predicted molar refractivity (Wildman–Crippen MR) is 80.0 cm³/mol. The number of halogens is 4. The molecule has 6 heteroatoms. The van der Waals surface area contributed by atoms with Gasteiger partial charge in [-0.3, -0.25) is 0 Å². The van der Waals surface area contributed by atoms with Crippen LogP contribution in [0, 0.1) is 22.7 Å². The summed E-state index contributed by atoms with van der Waals surface area (Å²) in [6, 6.07) is 0. The smallest absolute Gasteiger partial charge is 0.130 e. The van der Waals surface area contributed by atoms with Gasteiger partial charge in [0, 0.05) is 22.7 Å². The Morgan fingerprint density at radius 2 is 1.26 bits per heavy atom. The van der Waals surface area contributed by atoms with Crippen molar-refractivity contribution in [2.75, 3.05) is 0 Å². The van der Waals surface area contributed by atoms with Crippen LogP contribution in [0.1, 0.15) is 34.6 Å². The molecule has 4 unspecified atom stereocenters. The lowest BCUT2D eigenvalue weighted by molar-refractivity contribution is -0.0978. The molecule has 0 aromatic heterocycles. The van der Waals surface area contributed by atoms with Gasteiger partial charge in [-0.2, -0.15) is 0 Å². The third kappa shape index (κ3) is 1.83. The van der Waals surface area contributed by atoms with Gasteiger partial charge in [0.1, 0.15) is 8.67 Å². The molecular formula is C13H20Cl4O2. The van der Waals surface area contributed by atoms with Crippen LogP contribution < -0.4 is 0 Å². The van der Waals surface area contributed by atoms with E-state index < -0.39 is 43.0 Å². The lowest BCUT2D eigenvalue weighted by Crippen LogP contribution is -2.46. The van der Waals surface area contributed by atoms with E-state index >= 15 is 0 Å². The molecule has 112 valence electrons. The number of hydrogen-bond donors (Lipinski definition) is 2. The molecule has 0 heterocycles. The lowest BCUT2D eigenvalue weighted by Gasteiger charge is -2.32. The molecule has 19 heavy (non-hydrogen) atoms. The van der Waals surface area contributed by atoms with Crippen LogP contribution in [0.4, 0.5) is 0 Å². The molecule has 2 N–H and O–H groups in total. The normalized spacial score (nSPS) is 41.2. The Hall–Kier alpha value is 1.08. The van der Waals surface area contributed by atoms with Crippen molar-refractivity contribution in [1.82, 2.24) is 0 Å². The first-order chi connectivity index (χ1) is 8.14. The van der Waals surface area contributed by atoms with E-state index in [4.69, 9.17) is 46.4 Å². The quantitative estimate of drug-likeness (QED) is 0.761. The van der Waals surface area contributed by atoms with Gasteiger partial charge >= 0.3 is 0 Å². The number of alkyl halides is 4. The number of rotatable bonds is 3. The van der Waals surface area contributed by atoms with Crippen LogP contribution in [0.3, 0.4) is 0 Å². The maximum absolute atomic E-state index is 10.7. The topological polar surface area (TPSA) is 40.5 Å². The third-order valence-electron chi connectivity index (χ3n) is 5.30. The number of aliphatic hydroxyl groups is 2. The highest BCUT2D eigenvalue weighted by molar-refractivity contribution is 6.52. The molecule has 0 aromatic rings. The second-order valence-electron chi connectivity index (χ2n) is 7.27. The Kier molecular flexibility index (Phi) is 3.36. The fourth-order valence-corrected chi connectivity index (χ4v) is 5.56. The zero-order valence-electron chi connectivity index (χ0n) is 11.6. The van der Waals surface area contributed by atoms with Gasteiger partial charge in [0.25, 0.3) is 0 Å². The first-order valence-electron chi connectivity index (χ1n) is 6.30. The molecule has 0 aromatic carbocycles. The molecule has 0 aliphatic heterocycles. The SMILES string of the molecule is CC(O)(C(O)C1C(C)(C)C1(Cl)Cl)C1C(C)(C)C1(Cl)Cl. The van der Waals surface area contributed by atoms with Gasteiger partial charge in [-0.15, -0.1) is 46.4 Å². The van der Waals surface area contributed by atoms with E-state index in [1.165, 1.54) is 0 Å². The van der Waals surface area contributed by atoms with E-state index in [2.05, 4.69) is 0 Å². The van der Waals surface area contributed by atoms with Crippen molar-refractivity contribution >= 4 is 46.4 Å². The molecule has 0 radical (unpaired) electrons. The second kappa shape index (κ2) is 3.88. The lowest BCUT2D eigenvalue weighted by atomic mass is 9.84. The van der Waals surface area contributed by atoms with Gasteiger partial charge in [0.2, 0.25) is 0 Å². The summed E-state index contributed by atoms with van der Waals surface area (Å²) in [6.45, 7) is 9.01. The molecular weight excluding hydrogens is 330 g/mol. The summed E-state index contributed by atoms with van der Waals surface area (Å²) in [7, 11) is 0. The van der Waals surface area contributed by atoms with E-state index in [0.29, 0.717) is 0 Å². The van der Waals surface area contributed by atoms with Crippen molar-refractivity contribution in [3.05, 3.63) is 0 Å². The molecule has 0 saturated heterocycles. The summed E-state index contributed by atoms with van der Waals surface area (Å²) < 4.78 is -2.10.